The van der Waals surface area contributed by atoms with Crippen LogP contribution in [-0.2, 0) is 6.61 Å². The number of ether oxygens (including phenoxy) is 1. The van der Waals surface area contributed by atoms with Crippen LogP contribution in [0.15, 0.2) is 82.8 Å². The first-order valence-electron chi connectivity index (χ1n) is 7.85. The van der Waals surface area contributed by atoms with Crippen LogP contribution in [0.4, 0.5) is 0 Å². The molecule has 124 valence electrons. The lowest BCUT2D eigenvalue weighted by Crippen LogP contribution is -1.97. The number of nitrogens with one attached hydrogen (secondary N) is 1. The number of H-pyrrole nitrogens is 1. The molecule has 3 nitrogen and oxygen atoms in total. The molecule has 0 fully saturated rings. The molecule has 0 radical (unpaired) electrons. The first-order valence-corrected chi connectivity index (χ1v) is 9.05. The van der Waals surface area contributed by atoms with Crippen LogP contribution in [0.3, 0.4) is 0 Å². The number of pyridine rings is 1. The maximum absolute atomic E-state index is 6.21. The van der Waals surface area contributed by atoms with Crippen molar-refractivity contribution in [3.05, 3.63) is 83.8 Å². The minimum Gasteiger partial charge on any atom is -0.487 e. The summed E-state index contributed by atoms with van der Waals surface area (Å²) in [6.45, 7) is 0.450. The second-order valence-corrected chi connectivity index (χ2v) is 7.03. The Morgan fingerprint density at radius 2 is 1.80 bits per heavy atom. The summed E-state index contributed by atoms with van der Waals surface area (Å²) < 4.78 is 5.91. The highest BCUT2D eigenvalue weighted by molar-refractivity contribution is 7.99. The third-order valence-corrected chi connectivity index (χ3v) is 5.20. The average molecular weight is 367 g/mol. The summed E-state index contributed by atoms with van der Waals surface area (Å²) in [4.78, 5) is 9.78. The van der Waals surface area contributed by atoms with Gasteiger partial charge in [0.05, 0.1) is 5.69 Å². The Balaban J connectivity index is 1.70. The molecule has 0 aliphatic rings. The number of aromatic amines is 1. The summed E-state index contributed by atoms with van der Waals surface area (Å²) in [7, 11) is 0. The van der Waals surface area contributed by atoms with Crippen molar-refractivity contribution in [3.8, 4) is 5.75 Å². The minimum absolute atomic E-state index is 0.450. The van der Waals surface area contributed by atoms with Gasteiger partial charge in [0.25, 0.3) is 0 Å². The summed E-state index contributed by atoms with van der Waals surface area (Å²) >= 11 is 7.93. The third kappa shape index (κ3) is 3.65. The number of hydrogen-bond donors (Lipinski definition) is 1. The third-order valence-electron chi connectivity index (χ3n) is 3.78. The molecule has 2 aromatic carbocycles. The Morgan fingerprint density at radius 1 is 1.00 bits per heavy atom. The second-order valence-electron chi connectivity index (χ2n) is 5.51. The van der Waals surface area contributed by atoms with Crippen LogP contribution >= 0.6 is 23.4 Å². The van der Waals surface area contributed by atoms with Gasteiger partial charge in [-0.05, 0) is 42.5 Å². The molecule has 2 aromatic heterocycles. The van der Waals surface area contributed by atoms with Crippen LogP contribution < -0.4 is 4.74 Å². The number of benzene rings is 2. The fraction of sp³-hybridized carbons (Fsp3) is 0.0500. The van der Waals surface area contributed by atoms with Crippen molar-refractivity contribution < 1.29 is 4.74 Å². The Morgan fingerprint density at radius 3 is 2.60 bits per heavy atom. The fourth-order valence-corrected chi connectivity index (χ4v) is 3.82. The van der Waals surface area contributed by atoms with E-state index in [9.17, 15) is 0 Å². The van der Waals surface area contributed by atoms with Crippen molar-refractivity contribution in [2.75, 3.05) is 0 Å². The Kier molecular flexibility index (Phi) is 4.63. The summed E-state index contributed by atoms with van der Waals surface area (Å²) in [5.74, 6) is 0.794. The maximum Gasteiger partial charge on any atom is 0.129 e. The summed E-state index contributed by atoms with van der Waals surface area (Å²) in [5, 5.41) is 1.83. The topological polar surface area (TPSA) is 37.9 Å². The fourth-order valence-electron chi connectivity index (χ4n) is 2.61. The van der Waals surface area contributed by atoms with Crippen LogP contribution in [0, 0.1) is 0 Å². The lowest BCUT2D eigenvalue weighted by atomic mass is 10.2. The normalized spacial score (nSPS) is 10.9. The van der Waals surface area contributed by atoms with Gasteiger partial charge in [0.2, 0.25) is 0 Å². The SMILES string of the molecule is Clc1ccc2[nH]c(COc3ccncc3)c(Sc3ccccc3)c2c1. The van der Waals surface area contributed by atoms with Crippen molar-refractivity contribution in [2.45, 2.75) is 16.4 Å². The van der Waals surface area contributed by atoms with Gasteiger partial charge in [-0.25, -0.2) is 0 Å². The molecule has 0 spiro atoms. The van der Waals surface area contributed by atoms with Gasteiger partial charge in [0, 0.05) is 38.1 Å². The van der Waals surface area contributed by atoms with Gasteiger partial charge in [-0.1, -0.05) is 41.6 Å². The molecule has 4 rings (SSSR count). The van der Waals surface area contributed by atoms with Gasteiger partial charge in [-0.15, -0.1) is 0 Å². The van der Waals surface area contributed by atoms with Crippen LogP contribution in [0.2, 0.25) is 5.02 Å². The van der Waals surface area contributed by atoms with Crippen molar-refractivity contribution >= 4 is 34.3 Å². The van der Waals surface area contributed by atoms with Gasteiger partial charge in [-0.3, -0.25) is 4.98 Å². The summed E-state index contributed by atoms with van der Waals surface area (Å²) in [5.41, 5.74) is 2.08. The van der Waals surface area contributed by atoms with Crippen molar-refractivity contribution in [3.63, 3.8) is 0 Å². The number of halogens is 1. The molecule has 2 heterocycles. The minimum atomic E-state index is 0.450. The largest absolute Gasteiger partial charge is 0.487 e. The predicted octanol–water partition coefficient (Wildman–Crippen LogP) is 5.95. The van der Waals surface area contributed by atoms with Crippen molar-refractivity contribution in [2.24, 2.45) is 0 Å². The van der Waals surface area contributed by atoms with Crippen LogP contribution in [-0.4, -0.2) is 9.97 Å². The van der Waals surface area contributed by atoms with Crippen LogP contribution in [0.5, 0.6) is 5.75 Å². The molecule has 1 N–H and O–H groups in total. The van der Waals surface area contributed by atoms with E-state index < -0.39 is 0 Å². The molecule has 0 saturated heterocycles. The van der Waals surface area contributed by atoms with Crippen molar-refractivity contribution in [1.29, 1.82) is 0 Å². The molecule has 25 heavy (non-hydrogen) atoms. The first kappa shape index (κ1) is 16.1. The zero-order valence-electron chi connectivity index (χ0n) is 13.3. The van der Waals surface area contributed by atoms with E-state index in [1.165, 1.54) is 4.90 Å². The van der Waals surface area contributed by atoms with Gasteiger partial charge in [0.1, 0.15) is 12.4 Å². The van der Waals surface area contributed by atoms with Gasteiger partial charge >= 0.3 is 0 Å². The van der Waals surface area contributed by atoms with E-state index in [2.05, 4.69) is 22.1 Å². The van der Waals surface area contributed by atoms with E-state index in [4.69, 9.17) is 16.3 Å². The Hall–Kier alpha value is -2.43. The van der Waals surface area contributed by atoms with E-state index in [-0.39, 0.29) is 0 Å². The molecule has 0 atom stereocenters. The molecule has 4 aromatic rings. The Labute approximate surface area is 155 Å². The van der Waals surface area contributed by atoms with Gasteiger partial charge < -0.3 is 9.72 Å². The molecule has 0 aliphatic carbocycles. The number of nitrogens with zero attached hydrogens (tertiary/aromatic N) is 1. The van der Waals surface area contributed by atoms with Gasteiger partial charge in [0.15, 0.2) is 0 Å². The zero-order valence-corrected chi connectivity index (χ0v) is 14.8. The van der Waals surface area contributed by atoms with E-state index in [1.54, 1.807) is 24.2 Å². The van der Waals surface area contributed by atoms with Gasteiger partial charge in [-0.2, -0.15) is 0 Å². The number of hydrogen-bond acceptors (Lipinski definition) is 3. The highest BCUT2D eigenvalue weighted by Gasteiger charge is 2.14. The number of rotatable bonds is 5. The molecule has 0 bridgehead atoms. The highest BCUT2D eigenvalue weighted by atomic mass is 35.5. The first-order chi connectivity index (χ1) is 12.3. The smallest absolute Gasteiger partial charge is 0.129 e. The maximum atomic E-state index is 6.21. The van der Waals surface area contributed by atoms with Crippen molar-refractivity contribution in [1.82, 2.24) is 9.97 Å². The molecule has 0 saturated carbocycles. The standard InChI is InChI=1S/C20H15ClN2OS/c21-14-6-7-18-17(12-14)20(25-16-4-2-1-3-5-16)19(23-18)13-24-15-8-10-22-11-9-15/h1-12,23H,13H2. The lowest BCUT2D eigenvalue weighted by molar-refractivity contribution is 0.299. The average Bonchev–Trinajstić information content (AvgIpc) is 2.99. The zero-order chi connectivity index (χ0) is 17.1. The summed E-state index contributed by atoms with van der Waals surface area (Å²) in [6.07, 6.45) is 3.44. The molecule has 0 unspecified atom stereocenters. The predicted molar refractivity (Wildman–Crippen MR) is 102 cm³/mol. The summed E-state index contributed by atoms with van der Waals surface area (Å²) in [6, 6.07) is 19.9. The molecule has 5 heteroatoms. The molecule has 0 amide bonds. The quantitative estimate of drug-likeness (QED) is 0.474. The molecule has 0 aliphatic heterocycles. The Bertz CT molecular complexity index is 987. The molecular weight excluding hydrogens is 352 g/mol. The highest BCUT2D eigenvalue weighted by Crippen LogP contribution is 2.38. The van der Waals surface area contributed by atoms with Crippen LogP contribution in [0.1, 0.15) is 5.69 Å². The van der Waals surface area contributed by atoms with E-state index in [0.29, 0.717) is 6.61 Å². The van der Waals surface area contributed by atoms with E-state index >= 15 is 0 Å². The number of aromatic nitrogens is 2. The molecular formula is C20H15ClN2OS. The van der Waals surface area contributed by atoms with E-state index in [0.717, 1.165) is 32.3 Å². The van der Waals surface area contributed by atoms with Crippen LogP contribution in [0.25, 0.3) is 10.9 Å². The lowest BCUT2D eigenvalue weighted by Gasteiger charge is -2.07. The second kappa shape index (κ2) is 7.21. The monoisotopic (exact) mass is 366 g/mol. The van der Waals surface area contributed by atoms with E-state index in [1.807, 2.05) is 48.5 Å². The number of fused-ring (bicyclic) bond motifs is 1.